The molecule has 0 aliphatic heterocycles. The molecule has 1 aromatic heterocycles. The minimum absolute atomic E-state index is 0.198. The summed E-state index contributed by atoms with van der Waals surface area (Å²) >= 11 is 0. The van der Waals surface area contributed by atoms with Gasteiger partial charge in [-0.2, -0.15) is 0 Å². The summed E-state index contributed by atoms with van der Waals surface area (Å²) in [6, 6.07) is 0. The van der Waals surface area contributed by atoms with Crippen LogP contribution in [0.3, 0.4) is 0 Å². The highest BCUT2D eigenvalue weighted by molar-refractivity contribution is 5.50. The molecule has 0 unspecified atom stereocenters. The first-order valence-electron chi connectivity index (χ1n) is 3.82. The number of alkyl halides is 2. The third-order valence-electron chi connectivity index (χ3n) is 1.76. The highest BCUT2D eigenvalue weighted by Gasteiger charge is 2.28. The third kappa shape index (κ3) is 1.99. The maximum absolute atomic E-state index is 12.4. The van der Waals surface area contributed by atoms with Crippen LogP contribution in [-0.4, -0.2) is 15.0 Å². The van der Waals surface area contributed by atoms with E-state index in [2.05, 4.69) is 4.98 Å². The van der Waals surface area contributed by atoms with E-state index in [4.69, 9.17) is 5.73 Å². The Hall–Kier alpha value is -1.83. The van der Waals surface area contributed by atoms with E-state index in [1.807, 2.05) is 0 Å². The molecule has 6 nitrogen and oxygen atoms in total. The highest BCUT2D eigenvalue weighted by atomic mass is 19.3. The Bertz CT molecular complexity index is 397. The van der Waals surface area contributed by atoms with Crippen LogP contribution in [0, 0.1) is 10.1 Å². The molecule has 0 spiro atoms. The van der Waals surface area contributed by atoms with E-state index >= 15 is 0 Å². The number of nitrogens with zero attached hydrogens (tertiary/aromatic N) is 2. The van der Waals surface area contributed by atoms with Gasteiger partial charge in [-0.3, -0.25) is 10.1 Å². The molecule has 0 aliphatic carbocycles. The zero-order chi connectivity index (χ0) is 11.6. The van der Waals surface area contributed by atoms with Gasteiger partial charge in [0.2, 0.25) is 0 Å². The van der Waals surface area contributed by atoms with E-state index in [1.54, 1.807) is 0 Å². The first kappa shape index (κ1) is 11.2. The van der Waals surface area contributed by atoms with Crippen LogP contribution in [0.5, 0.6) is 5.75 Å². The van der Waals surface area contributed by atoms with Crippen molar-refractivity contribution in [1.82, 2.24) is 4.98 Å². The Morgan fingerprint density at radius 1 is 1.67 bits per heavy atom. The smallest absolute Gasteiger partial charge is 0.300 e. The van der Waals surface area contributed by atoms with Crippen molar-refractivity contribution in [2.75, 3.05) is 0 Å². The van der Waals surface area contributed by atoms with Crippen LogP contribution in [0.2, 0.25) is 0 Å². The van der Waals surface area contributed by atoms with Crippen molar-refractivity contribution in [3.63, 3.8) is 0 Å². The summed E-state index contributed by atoms with van der Waals surface area (Å²) in [6.45, 7) is -0.274. The summed E-state index contributed by atoms with van der Waals surface area (Å²) in [5.41, 5.74) is 2.95. The lowest BCUT2D eigenvalue weighted by molar-refractivity contribution is -0.386. The Morgan fingerprint density at radius 2 is 2.27 bits per heavy atom. The van der Waals surface area contributed by atoms with Crippen LogP contribution in [0.15, 0.2) is 6.20 Å². The predicted molar refractivity (Wildman–Crippen MR) is 45.4 cm³/mol. The number of nitro groups is 1. The molecular weight excluding hydrogens is 212 g/mol. The first-order chi connectivity index (χ1) is 6.99. The molecule has 0 aliphatic rings. The lowest BCUT2D eigenvalue weighted by Crippen LogP contribution is -2.05. The molecule has 0 aromatic carbocycles. The van der Waals surface area contributed by atoms with E-state index < -0.39 is 28.3 Å². The Balaban J connectivity index is 3.44. The van der Waals surface area contributed by atoms with Gasteiger partial charge in [-0.15, -0.1) is 0 Å². The Labute approximate surface area is 82.5 Å². The van der Waals surface area contributed by atoms with Crippen molar-refractivity contribution in [2.45, 2.75) is 13.0 Å². The average molecular weight is 219 g/mol. The number of pyridine rings is 1. The number of halogens is 2. The lowest BCUT2D eigenvalue weighted by Gasteiger charge is -2.07. The molecule has 8 heteroatoms. The van der Waals surface area contributed by atoms with E-state index in [1.165, 1.54) is 0 Å². The maximum atomic E-state index is 12.4. The van der Waals surface area contributed by atoms with Gasteiger partial charge in [0.1, 0.15) is 11.8 Å². The number of aromatic hydroxyl groups is 1. The number of nitrogens with two attached hydrogens (primary N) is 1. The van der Waals surface area contributed by atoms with Gasteiger partial charge in [0.25, 0.3) is 12.1 Å². The van der Waals surface area contributed by atoms with Crippen LogP contribution in [0.25, 0.3) is 0 Å². The van der Waals surface area contributed by atoms with Crippen molar-refractivity contribution in [3.05, 3.63) is 27.6 Å². The summed E-state index contributed by atoms with van der Waals surface area (Å²) in [6.07, 6.45) is -2.50. The molecule has 1 aromatic rings. The van der Waals surface area contributed by atoms with Crippen LogP contribution in [-0.2, 0) is 6.54 Å². The fourth-order valence-corrected chi connectivity index (χ4v) is 1.06. The first-order valence-corrected chi connectivity index (χ1v) is 3.82. The van der Waals surface area contributed by atoms with Crippen LogP contribution < -0.4 is 5.73 Å². The molecule has 82 valence electrons. The van der Waals surface area contributed by atoms with Crippen molar-refractivity contribution in [2.24, 2.45) is 5.73 Å². The SMILES string of the molecule is NCc1ncc([N+](=O)[O-])c(C(F)F)c1O. The second-order valence-electron chi connectivity index (χ2n) is 2.61. The molecule has 3 N–H and O–H groups in total. The number of rotatable bonds is 3. The summed E-state index contributed by atoms with van der Waals surface area (Å²) in [5.74, 6) is -0.915. The van der Waals surface area contributed by atoms with Crippen LogP contribution >= 0.6 is 0 Å². The van der Waals surface area contributed by atoms with Crippen molar-refractivity contribution in [1.29, 1.82) is 0 Å². The monoisotopic (exact) mass is 219 g/mol. The molecule has 1 rings (SSSR count). The molecule has 15 heavy (non-hydrogen) atoms. The van der Waals surface area contributed by atoms with E-state index in [9.17, 15) is 24.0 Å². The summed E-state index contributed by atoms with van der Waals surface area (Å²) < 4.78 is 24.9. The zero-order valence-corrected chi connectivity index (χ0v) is 7.35. The van der Waals surface area contributed by atoms with E-state index in [-0.39, 0.29) is 12.2 Å². The standard InChI is InChI=1S/C7H7F2N3O3/c8-7(9)5-4(12(14)15)2-11-3(1-10)6(5)13/h2,7,13H,1,10H2. The minimum Gasteiger partial charge on any atom is -0.505 e. The van der Waals surface area contributed by atoms with Crippen molar-refractivity contribution < 1.29 is 18.8 Å². The van der Waals surface area contributed by atoms with Crippen LogP contribution in [0.4, 0.5) is 14.5 Å². The van der Waals surface area contributed by atoms with Gasteiger partial charge in [0.05, 0.1) is 10.6 Å². The fourth-order valence-electron chi connectivity index (χ4n) is 1.06. The number of aromatic nitrogens is 1. The quantitative estimate of drug-likeness (QED) is 0.585. The van der Waals surface area contributed by atoms with Crippen molar-refractivity contribution in [3.8, 4) is 5.75 Å². The van der Waals surface area contributed by atoms with Gasteiger partial charge >= 0.3 is 0 Å². The average Bonchev–Trinajstić information content (AvgIpc) is 2.16. The second-order valence-corrected chi connectivity index (χ2v) is 2.61. The second kappa shape index (κ2) is 4.13. The molecule has 0 radical (unpaired) electrons. The van der Waals surface area contributed by atoms with Gasteiger partial charge in [0, 0.05) is 6.54 Å². The zero-order valence-electron chi connectivity index (χ0n) is 7.35. The van der Waals surface area contributed by atoms with Crippen molar-refractivity contribution >= 4 is 5.69 Å². The molecule has 0 fully saturated rings. The summed E-state index contributed by atoms with van der Waals surface area (Å²) in [4.78, 5) is 12.7. The highest BCUT2D eigenvalue weighted by Crippen LogP contribution is 2.36. The fraction of sp³-hybridized carbons (Fsp3) is 0.286. The Morgan fingerprint density at radius 3 is 2.67 bits per heavy atom. The predicted octanol–water partition coefficient (Wildman–Crippen LogP) is 1.09. The number of hydrogen-bond donors (Lipinski definition) is 2. The topological polar surface area (TPSA) is 102 Å². The maximum Gasteiger partial charge on any atom is 0.300 e. The summed E-state index contributed by atoms with van der Waals surface area (Å²) in [5, 5.41) is 19.6. The number of hydrogen-bond acceptors (Lipinski definition) is 5. The molecule has 0 amide bonds. The lowest BCUT2D eigenvalue weighted by atomic mass is 10.1. The minimum atomic E-state index is -3.15. The summed E-state index contributed by atoms with van der Waals surface area (Å²) in [7, 11) is 0. The molecule has 0 atom stereocenters. The largest absolute Gasteiger partial charge is 0.505 e. The molecule has 0 saturated heterocycles. The van der Waals surface area contributed by atoms with Gasteiger partial charge in [-0.05, 0) is 0 Å². The van der Waals surface area contributed by atoms with E-state index in [0.717, 1.165) is 0 Å². The normalized spacial score (nSPS) is 10.7. The molecular formula is C7H7F2N3O3. The molecule has 0 bridgehead atoms. The van der Waals surface area contributed by atoms with Gasteiger partial charge in [-0.1, -0.05) is 0 Å². The molecule has 0 saturated carbocycles. The Kier molecular flexibility index (Phi) is 3.10. The van der Waals surface area contributed by atoms with Gasteiger partial charge in [0.15, 0.2) is 5.75 Å². The van der Waals surface area contributed by atoms with Gasteiger partial charge < -0.3 is 10.8 Å². The molecule has 1 heterocycles. The van der Waals surface area contributed by atoms with E-state index in [0.29, 0.717) is 6.20 Å². The third-order valence-corrected chi connectivity index (χ3v) is 1.76. The van der Waals surface area contributed by atoms with Crippen LogP contribution in [0.1, 0.15) is 17.7 Å². The van der Waals surface area contributed by atoms with Gasteiger partial charge in [-0.25, -0.2) is 13.8 Å².